The molecule has 2 aromatic rings. The Morgan fingerprint density at radius 1 is 1.29 bits per heavy atom. The molecule has 1 aromatic heterocycles. The Hall–Kier alpha value is -1.39. The third kappa shape index (κ3) is 3.63. The summed E-state index contributed by atoms with van der Waals surface area (Å²) in [5.74, 6) is -0.0312. The van der Waals surface area contributed by atoms with Crippen LogP contribution in [0.4, 0.5) is 4.39 Å². The summed E-state index contributed by atoms with van der Waals surface area (Å²) in [5.41, 5.74) is 2.31. The van der Waals surface area contributed by atoms with E-state index in [0.717, 1.165) is 18.5 Å². The summed E-state index contributed by atoms with van der Waals surface area (Å²) in [6.45, 7) is 7.30. The van der Waals surface area contributed by atoms with Crippen molar-refractivity contribution < 1.29 is 9.13 Å². The van der Waals surface area contributed by atoms with Crippen LogP contribution < -0.4 is 10.1 Å². The Bertz CT molecular complexity index is 609. The van der Waals surface area contributed by atoms with Crippen molar-refractivity contribution in [3.8, 4) is 5.75 Å². The van der Waals surface area contributed by atoms with Gasteiger partial charge >= 0.3 is 0 Å². The van der Waals surface area contributed by atoms with Gasteiger partial charge in [0.15, 0.2) is 11.6 Å². The molecule has 2 rings (SSSR count). The largest absolute Gasteiger partial charge is 0.494 e. The monoisotopic (exact) mass is 307 g/mol. The van der Waals surface area contributed by atoms with Gasteiger partial charge < -0.3 is 10.1 Å². The molecule has 1 heterocycles. The number of thiophene rings is 1. The number of ether oxygens (including phenoxy) is 1. The zero-order valence-electron chi connectivity index (χ0n) is 13.0. The first-order valence-corrected chi connectivity index (χ1v) is 8.02. The molecule has 1 N–H and O–H groups in total. The zero-order valence-corrected chi connectivity index (χ0v) is 13.8. The lowest BCUT2D eigenvalue weighted by Gasteiger charge is -2.20. The molecule has 21 heavy (non-hydrogen) atoms. The van der Waals surface area contributed by atoms with Crippen LogP contribution in [0.1, 0.15) is 40.3 Å². The van der Waals surface area contributed by atoms with Crippen molar-refractivity contribution in [1.82, 2.24) is 5.32 Å². The molecule has 0 radical (unpaired) electrons. The smallest absolute Gasteiger partial charge is 0.165 e. The van der Waals surface area contributed by atoms with Crippen molar-refractivity contribution in [3.63, 3.8) is 0 Å². The Kier molecular flexibility index (Phi) is 5.37. The Labute approximate surface area is 130 Å². The number of hydrogen-bond acceptors (Lipinski definition) is 3. The van der Waals surface area contributed by atoms with E-state index in [1.54, 1.807) is 17.4 Å². The van der Waals surface area contributed by atoms with Gasteiger partial charge in [0.2, 0.25) is 0 Å². The fraction of sp³-hybridized carbons (Fsp3) is 0.412. The number of halogens is 1. The SMILES string of the molecule is CCCNC(c1ccc(F)c(OC)c1)c1sc(C)cc1C. The fourth-order valence-corrected chi connectivity index (χ4v) is 3.59. The van der Waals surface area contributed by atoms with Crippen molar-refractivity contribution in [2.45, 2.75) is 33.2 Å². The number of aryl methyl sites for hydroxylation is 2. The van der Waals surface area contributed by atoms with Crippen molar-refractivity contribution in [1.29, 1.82) is 0 Å². The molecule has 0 aliphatic carbocycles. The van der Waals surface area contributed by atoms with Gasteiger partial charge in [-0.25, -0.2) is 4.39 Å². The van der Waals surface area contributed by atoms with E-state index in [9.17, 15) is 4.39 Å². The molecule has 0 aliphatic rings. The molecule has 0 saturated carbocycles. The minimum atomic E-state index is -0.324. The van der Waals surface area contributed by atoms with E-state index in [1.807, 2.05) is 6.07 Å². The van der Waals surface area contributed by atoms with Gasteiger partial charge in [0.25, 0.3) is 0 Å². The van der Waals surface area contributed by atoms with Crippen molar-refractivity contribution >= 4 is 11.3 Å². The lowest BCUT2D eigenvalue weighted by molar-refractivity contribution is 0.385. The average Bonchev–Trinajstić information content (AvgIpc) is 2.79. The third-order valence-electron chi connectivity index (χ3n) is 3.45. The average molecular weight is 307 g/mol. The second-order valence-corrected chi connectivity index (χ2v) is 6.47. The van der Waals surface area contributed by atoms with Crippen LogP contribution in [0.3, 0.4) is 0 Å². The van der Waals surface area contributed by atoms with Gasteiger partial charge in [-0.3, -0.25) is 0 Å². The maximum absolute atomic E-state index is 13.6. The zero-order chi connectivity index (χ0) is 15.4. The molecule has 4 heteroatoms. The van der Waals surface area contributed by atoms with Crippen LogP contribution in [0.25, 0.3) is 0 Å². The van der Waals surface area contributed by atoms with E-state index in [2.05, 4.69) is 32.2 Å². The first-order chi connectivity index (χ1) is 10.1. The summed E-state index contributed by atoms with van der Waals surface area (Å²) in [6, 6.07) is 7.38. The van der Waals surface area contributed by atoms with Crippen LogP contribution in [0.15, 0.2) is 24.3 Å². The number of nitrogens with one attached hydrogen (secondary N) is 1. The van der Waals surface area contributed by atoms with Crippen molar-refractivity contribution in [2.24, 2.45) is 0 Å². The van der Waals surface area contributed by atoms with E-state index >= 15 is 0 Å². The van der Waals surface area contributed by atoms with Gasteiger partial charge in [0.05, 0.1) is 13.2 Å². The highest BCUT2D eigenvalue weighted by atomic mass is 32.1. The highest BCUT2D eigenvalue weighted by molar-refractivity contribution is 7.12. The van der Waals surface area contributed by atoms with Gasteiger partial charge in [0, 0.05) is 9.75 Å². The minimum absolute atomic E-state index is 0.0816. The molecular weight excluding hydrogens is 285 g/mol. The number of rotatable bonds is 6. The summed E-state index contributed by atoms with van der Waals surface area (Å²) in [6.07, 6.45) is 1.05. The molecular formula is C17H22FNOS. The molecule has 0 fully saturated rings. The van der Waals surface area contributed by atoms with Gasteiger partial charge in [-0.2, -0.15) is 0 Å². The molecule has 0 aliphatic heterocycles. The van der Waals surface area contributed by atoms with Gasteiger partial charge in [0.1, 0.15) is 0 Å². The van der Waals surface area contributed by atoms with Crippen LogP contribution in [0.5, 0.6) is 5.75 Å². The fourth-order valence-electron chi connectivity index (χ4n) is 2.45. The molecule has 2 nitrogen and oxygen atoms in total. The van der Waals surface area contributed by atoms with Gasteiger partial charge in [-0.05, 0) is 56.1 Å². The molecule has 0 saturated heterocycles. The number of hydrogen-bond donors (Lipinski definition) is 1. The maximum Gasteiger partial charge on any atom is 0.165 e. The summed E-state index contributed by atoms with van der Waals surface area (Å²) in [7, 11) is 1.50. The van der Waals surface area contributed by atoms with Crippen LogP contribution in [0, 0.1) is 19.7 Å². The molecule has 1 aromatic carbocycles. The van der Waals surface area contributed by atoms with Gasteiger partial charge in [-0.15, -0.1) is 11.3 Å². The van der Waals surface area contributed by atoms with Gasteiger partial charge in [-0.1, -0.05) is 13.0 Å². The van der Waals surface area contributed by atoms with Crippen LogP contribution >= 0.6 is 11.3 Å². The standard InChI is InChI=1S/C17H22FNOS/c1-5-8-19-16(17-11(2)9-12(3)21-17)13-6-7-14(18)15(10-13)20-4/h6-7,9-10,16,19H,5,8H2,1-4H3. The molecule has 114 valence electrons. The molecule has 0 spiro atoms. The minimum Gasteiger partial charge on any atom is -0.494 e. The molecule has 1 unspecified atom stereocenters. The summed E-state index contributed by atoms with van der Waals surface area (Å²) < 4.78 is 18.7. The predicted octanol–water partition coefficient (Wildman–Crippen LogP) is 4.60. The highest BCUT2D eigenvalue weighted by Gasteiger charge is 2.19. The predicted molar refractivity (Wildman–Crippen MR) is 86.9 cm³/mol. The van der Waals surface area contributed by atoms with Crippen LogP contribution in [-0.2, 0) is 0 Å². The maximum atomic E-state index is 13.6. The van der Waals surface area contributed by atoms with E-state index in [1.165, 1.54) is 28.5 Å². The second-order valence-electron chi connectivity index (χ2n) is 5.19. The first kappa shape index (κ1) is 16.0. The Balaban J connectivity index is 2.42. The molecule has 1 atom stereocenters. The molecule has 0 bridgehead atoms. The topological polar surface area (TPSA) is 21.3 Å². The lowest BCUT2D eigenvalue weighted by Crippen LogP contribution is -2.23. The van der Waals surface area contributed by atoms with E-state index in [-0.39, 0.29) is 11.9 Å². The highest BCUT2D eigenvalue weighted by Crippen LogP contribution is 2.33. The van der Waals surface area contributed by atoms with E-state index in [4.69, 9.17) is 4.74 Å². The number of methoxy groups -OCH3 is 1. The lowest BCUT2D eigenvalue weighted by atomic mass is 10.0. The number of benzene rings is 1. The Morgan fingerprint density at radius 2 is 2.05 bits per heavy atom. The van der Waals surface area contributed by atoms with Crippen LogP contribution in [-0.4, -0.2) is 13.7 Å². The van der Waals surface area contributed by atoms with E-state index < -0.39 is 0 Å². The second kappa shape index (κ2) is 7.05. The van der Waals surface area contributed by atoms with Crippen molar-refractivity contribution in [3.05, 3.63) is 51.0 Å². The molecule has 0 amide bonds. The summed E-state index contributed by atoms with van der Waals surface area (Å²) in [4.78, 5) is 2.58. The normalized spacial score (nSPS) is 12.4. The quantitative estimate of drug-likeness (QED) is 0.842. The third-order valence-corrected chi connectivity index (χ3v) is 4.67. The van der Waals surface area contributed by atoms with Crippen LogP contribution in [0.2, 0.25) is 0 Å². The summed E-state index contributed by atoms with van der Waals surface area (Å²) in [5, 5.41) is 3.56. The first-order valence-electron chi connectivity index (χ1n) is 7.20. The van der Waals surface area contributed by atoms with Crippen molar-refractivity contribution in [2.75, 3.05) is 13.7 Å². The van der Waals surface area contributed by atoms with E-state index in [0.29, 0.717) is 5.75 Å². The summed E-state index contributed by atoms with van der Waals surface area (Å²) >= 11 is 1.79. The Morgan fingerprint density at radius 3 is 2.62 bits per heavy atom.